The standard InChI is InChI=1S/C9H16O4/c10-9(11)4-2-1-3-5-13-8-6-12-7-8/h8H,1-7H2,(H,10,11). The lowest BCUT2D eigenvalue weighted by Crippen LogP contribution is -2.36. The summed E-state index contributed by atoms with van der Waals surface area (Å²) in [5.74, 6) is -0.715. The fourth-order valence-electron chi connectivity index (χ4n) is 1.12. The molecule has 0 aromatic carbocycles. The molecule has 13 heavy (non-hydrogen) atoms. The Balaban J connectivity index is 1.75. The van der Waals surface area contributed by atoms with E-state index < -0.39 is 5.97 Å². The van der Waals surface area contributed by atoms with E-state index in [0.717, 1.165) is 39.1 Å². The third kappa shape index (κ3) is 4.85. The van der Waals surface area contributed by atoms with E-state index >= 15 is 0 Å². The van der Waals surface area contributed by atoms with Crippen molar-refractivity contribution in [2.45, 2.75) is 31.8 Å². The molecule has 0 spiro atoms. The molecule has 0 atom stereocenters. The first-order valence-corrected chi connectivity index (χ1v) is 4.70. The van der Waals surface area contributed by atoms with Gasteiger partial charge in [-0.15, -0.1) is 0 Å². The summed E-state index contributed by atoms with van der Waals surface area (Å²) in [7, 11) is 0. The van der Waals surface area contributed by atoms with Gasteiger partial charge in [0.15, 0.2) is 0 Å². The van der Waals surface area contributed by atoms with E-state index in [-0.39, 0.29) is 6.42 Å². The first-order valence-electron chi connectivity index (χ1n) is 4.70. The van der Waals surface area contributed by atoms with Gasteiger partial charge in [-0.1, -0.05) is 6.42 Å². The molecule has 4 nitrogen and oxygen atoms in total. The first-order chi connectivity index (χ1) is 6.29. The molecular weight excluding hydrogens is 172 g/mol. The highest BCUT2D eigenvalue weighted by molar-refractivity contribution is 5.66. The number of hydrogen-bond acceptors (Lipinski definition) is 3. The molecule has 4 heteroatoms. The Labute approximate surface area is 77.8 Å². The zero-order valence-corrected chi connectivity index (χ0v) is 7.70. The van der Waals surface area contributed by atoms with Gasteiger partial charge in [0.1, 0.15) is 6.10 Å². The molecule has 0 aliphatic carbocycles. The van der Waals surface area contributed by atoms with Crippen molar-refractivity contribution in [3.05, 3.63) is 0 Å². The Morgan fingerprint density at radius 3 is 2.69 bits per heavy atom. The molecule has 1 N–H and O–H groups in total. The van der Waals surface area contributed by atoms with Crippen molar-refractivity contribution in [3.63, 3.8) is 0 Å². The molecule has 1 fully saturated rings. The number of aliphatic carboxylic acids is 1. The zero-order valence-electron chi connectivity index (χ0n) is 7.70. The highest BCUT2D eigenvalue weighted by Gasteiger charge is 2.17. The van der Waals surface area contributed by atoms with E-state index in [1.165, 1.54) is 0 Å². The topological polar surface area (TPSA) is 55.8 Å². The molecule has 1 saturated heterocycles. The molecular formula is C9H16O4. The van der Waals surface area contributed by atoms with Gasteiger partial charge < -0.3 is 14.6 Å². The molecule has 0 aromatic heterocycles. The molecule has 1 aliphatic heterocycles. The molecule has 0 amide bonds. The monoisotopic (exact) mass is 188 g/mol. The van der Waals surface area contributed by atoms with Gasteiger partial charge in [0.25, 0.3) is 0 Å². The van der Waals surface area contributed by atoms with Crippen LogP contribution in [0.15, 0.2) is 0 Å². The summed E-state index contributed by atoms with van der Waals surface area (Å²) in [5, 5.41) is 8.36. The van der Waals surface area contributed by atoms with Crippen molar-refractivity contribution < 1.29 is 19.4 Å². The molecule has 1 heterocycles. The number of carboxylic acids is 1. The van der Waals surface area contributed by atoms with Crippen LogP contribution in [0.5, 0.6) is 0 Å². The Bertz CT molecular complexity index is 154. The van der Waals surface area contributed by atoms with Crippen LogP contribution < -0.4 is 0 Å². The predicted octanol–water partition coefficient (Wildman–Crippen LogP) is 1.05. The molecule has 0 unspecified atom stereocenters. The van der Waals surface area contributed by atoms with Crippen LogP contribution in [-0.4, -0.2) is 37.0 Å². The summed E-state index contributed by atoms with van der Waals surface area (Å²) >= 11 is 0. The Morgan fingerprint density at radius 2 is 2.15 bits per heavy atom. The quantitative estimate of drug-likeness (QED) is 0.607. The van der Waals surface area contributed by atoms with Gasteiger partial charge in [-0.2, -0.15) is 0 Å². The summed E-state index contributed by atoms with van der Waals surface area (Å²) in [6.07, 6.45) is 3.19. The average Bonchev–Trinajstić information content (AvgIpc) is 1.99. The maximum Gasteiger partial charge on any atom is 0.303 e. The highest BCUT2D eigenvalue weighted by Crippen LogP contribution is 2.07. The Hall–Kier alpha value is -0.610. The first kappa shape index (κ1) is 10.5. The fraction of sp³-hybridized carbons (Fsp3) is 0.889. The van der Waals surface area contributed by atoms with E-state index in [0.29, 0.717) is 6.10 Å². The highest BCUT2D eigenvalue weighted by atomic mass is 16.6. The van der Waals surface area contributed by atoms with Gasteiger partial charge in [-0.3, -0.25) is 4.79 Å². The van der Waals surface area contributed by atoms with Gasteiger partial charge in [-0.05, 0) is 12.8 Å². The van der Waals surface area contributed by atoms with Gasteiger partial charge in [0, 0.05) is 13.0 Å². The van der Waals surface area contributed by atoms with Crippen molar-refractivity contribution in [2.75, 3.05) is 19.8 Å². The summed E-state index contributed by atoms with van der Waals surface area (Å²) in [5.41, 5.74) is 0. The number of unbranched alkanes of at least 4 members (excludes halogenated alkanes) is 2. The van der Waals surface area contributed by atoms with E-state index in [4.69, 9.17) is 14.6 Å². The fourth-order valence-corrected chi connectivity index (χ4v) is 1.12. The van der Waals surface area contributed by atoms with Crippen molar-refractivity contribution >= 4 is 5.97 Å². The van der Waals surface area contributed by atoms with Crippen LogP contribution in [0.4, 0.5) is 0 Å². The van der Waals surface area contributed by atoms with E-state index in [1.54, 1.807) is 0 Å². The second-order valence-electron chi connectivity index (χ2n) is 3.23. The second-order valence-corrected chi connectivity index (χ2v) is 3.23. The van der Waals surface area contributed by atoms with E-state index in [9.17, 15) is 4.79 Å². The number of ether oxygens (including phenoxy) is 2. The number of carbonyl (C=O) groups is 1. The normalized spacial score (nSPS) is 16.9. The molecule has 1 aliphatic rings. The lowest BCUT2D eigenvalue weighted by atomic mass is 10.2. The molecule has 0 aromatic rings. The van der Waals surface area contributed by atoms with Crippen LogP contribution in [0, 0.1) is 0 Å². The zero-order chi connectivity index (χ0) is 9.52. The second kappa shape index (κ2) is 5.94. The number of carboxylic acid groups (broad SMARTS) is 1. The Kier molecular flexibility index (Phi) is 4.78. The van der Waals surface area contributed by atoms with Crippen LogP contribution in [0.3, 0.4) is 0 Å². The molecule has 76 valence electrons. The van der Waals surface area contributed by atoms with Crippen molar-refractivity contribution in [1.29, 1.82) is 0 Å². The van der Waals surface area contributed by atoms with Crippen molar-refractivity contribution in [3.8, 4) is 0 Å². The summed E-state index contributed by atoms with van der Waals surface area (Å²) in [6.45, 7) is 2.16. The smallest absolute Gasteiger partial charge is 0.303 e. The summed E-state index contributed by atoms with van der Waals surface area (Å²) in [6, 6.07) is 0. The maximum absolute atomic E-state index is 10.1. The molecule has 1 rings (SSSR count). The largest absolute Gasteiger partial charge is 0.481 e. The maximum atomic E-state index is 10.1. The van der Waals surface area contributed by atoms with Crippen LogP contribution in [-0.2, 0) is 14.3 Å². The van der Waals surface area contributed by atoms with Crippen LogP contribution >= 0.6 is 0 Å². The third-order valence-electron chi connectivity index (χ3n) is 2.00. The summed E-state index contributed by atoms with van der Waals surface area (Å²) in [4.78, 5) is 10.1. The number of rotatable bonds is 7. The average molecular weight is 188 g/mol. The Morgan fingerprint density at radius 1 is 1.38 bits per heavy atom. The van der Waals surface area contributed by atoms with Crippen LogP contribution in [0.25, 0.3) is 0 Å². The molecule has 0 saturated carbocycles. The molecule has 0 radical (unpaired) electrons. The number of hydrogen-bond donors (Lipinski definition) is 1. The van der Waals surface area contributed by atoms with Crippen molar-refractivity contribution in [1.82, 2.24) is 0 Å². The lowest BCUT2D eigenvalue weighted by Gasteiger charge is -2.25. The third-order valence-corrected chi connectivity index (χ3v) is 2.00. The minimum atomic E-state index is -0.715. The van der Waals surface area contributed by atoms with E-state index in [1.807, 2.05) is 0 Å². The van der Waals surface area contributed by atoms with Crippen molar-refractivity contribution in [2.24, 2.45) is 0 Å². The minimum Gasteiger partial charge on any atom is -0.481 e. The van der Waals surface area contributed by atoms with E-state index in [2.05, 4.69) is 0 Å². The van der Waals surface area contributed by atoms with Gasteiger partial charge in [-0.25, -0.2) is 0 Å². The van der Waals surface area contributed by atoms with Crippen LogP contribution in [0.2, 0.25) is 0 Å². The molecule has 0 bridgehead atoms. The minimum absolute atomic E-state index is 0.270. The SMILES string of the molecule is O=C(O)CCCCCOC1COC1. The van der Waals surface area contributed by atoms with Gasteiger partial charge >= 0.3 is 5.97 Å². The predicted molar refractivity (Wildman–Crippen MR) is 46.7 cm³/mol. The van der Waals surface area contributed by atoms with Crippen LogP contribution in [0.1, 0.15) is 25.7 Å². The summed E-state index contributed by atoms with van der Waals surface area (Å²) < 4.78 is 10.4. The van der Waals surface area contributed by atoms with Gasteiger partial charge in [0.05, 0.1) is 13.2 Å². The lowest BCUT2D eigenvalue weighted by molar-refractivity contribution is -0.137. The van der Waals surface area contributed by atoms with Gasteiger partial charge in [0.2, 0.25) is 0 Å².